The van der Waals surface area contributed by atoms with E-state index in [0.717, 1.165) is 28.4 Å². The first-order chi connectivity index (χ1) is 18.9. The van der Waals surface area contributed by atoms with E-state index >= 15 is 0 Å². The molecule has 0 aliphatic carbocycles. The molecule has 4 heteroatoms. The standard InChI is InChI=1S/C35H34NO2P/c1-21(2)29-19-24-12-6-9-15-27(24)32-33-28-16-10-7-13-25(28)20-30(22(3)4)35(33)38-39(37-34(29)32)36-23(5)18-26-14-8-11-17-31(26)36/h6-17,19-23H,18H2,1-5H3/t23-/m1/s1. The molecule has 1 atom stereocenters. The molecule has 0 N–H and O–H groups in total. The summed E-state index contributed by atoms with van der Waals surface area (Å²) < 4.78 is 16.8. The Morgan fingerprint density at radius 3 is 1.72 bits per heavy atom. The molecular weight excluding hydrogens is 497 g/mol. The first-order valence-electron chi connectivity index (χ1n) is 14.1. The minimum absolute atomic E-state index is 0.282. The lowest BCUT2D eigenvalue weighted by molar-refractivity contribution is 0.613. The van der Waals surface area contributed by atoms with Crippen LogP contribution in [-0.4, -0.2) is 6.04 Å². The summed E-state index contributed by atoms with van der Waals surface area (Å²) in [6.07, 6.45) is 0.991. The van der Waals surface area contributed by atoms with Gasteiger partial charge in [0, 0.05) is 16.8 Å². The third-order valence-electron chi connectivity index (χ3n) is 8.24. The van der Waals surface area contributed by atoms with Gasteiger partial charge in [0.1, 0.15) is 11.2 Å². The topological polar surface area (TPSA) is 29.5 Å². The summed E-state index contributed by atoms with van der Waals surface area (Å²) >= 11 is 0. The zero-order valence-electron chi connectivity index (χ0n) is 23.2. The van der Waals surface area contributed by atoms with Crippen molar-refractivity contribution in [2.24, 2.45) is 0 Å². The van der Waals surface area contributed by atoms with E-state index in [9.17, 15) is 0 Å². The Bertz CT molecular complexity index is 1820. The van der Waals surface area contributed by atoms with Crippen LogP contribution in [0.5, 0.6) is 0 Å². The number of nitrogens with zero attached hydrogens (tertiary/aromatic N) is 1. The monoisotopic (exact) mass is 531 g/mol. The highest BCUT2D eigenvalue weighted by atomic mass is 31.1. The van der Waals surface area contributed by atoms with Crippen molar-refractivity contribution < 1.29 is 8.39 Å². The molecule has 1 aromatic heterocycles. The fourth-order valence-corrected chi connectivity index (χ4v) is 8.01. The summed E-state index contributed by atoms with van der Waals surface area (Å²) in [5.41, 5.74) is 6.97. The second-order valence-electron chi connectivity index (χ2n) is 11.5. The van der Waals surface area contributed by atoms with Crippen LogP contribution in [0.2, 0.25) is 0 Å². The molecule has 1 aliphatic heterocycles. The summed E-state index contributed by atoms with van der Waals surface area (Å²) in [6, 6.07) is 31.1. The van der Waals surface area contributed by atoms with Crippen LogP contribution in [0.1, 0.15) is 63.1 Å². The molecule has 0 spiro atoms. The predicted molar refractivity (Wildman–Crippen MR) is 167 cm³/mol. The SMILES string of the molecule is CC(C)c1cc2ccccc2c2c1op(N1c3ccccc3C[C@H]1C)oc1c(C(C)C)cc3ccccc3c12. The van der Waals surface area contributed by atoms with Gasteiger partial charge in [0.15, 0.2) is 0 Å². The van der Waals surface area contributed by atoms with E-state index in [1.54, 1.807) is 0 Å². The number of benzene rings is 5. The van der Waals surface area contributed by atoms with E-state index in [1.807, 2.05) is 0 Å². The number of hydrogen-bond donors (Lipinski definition) is 0. The molecule has 2 heterocycles. The summed E-state index contributed by atoms with van der Waals surface area (Å²) in [5.74, 6) is 0.592. The third kappa shape index (κ3) is 3.79. The van der Waals surface area contributed by atoms with E-state index in [0.29, 0.717) is 11.8 Å². The van der Waals surface area contributed by atoms with Gasteiger partial charge in [0.2, 0.25) is 0 Å². The fraction of sp³-hybridized carbons (Fsp3) is 0.257. The molecule has 0 amide bonds. The van der Waals surface area contributed by atoms with Gasteiger partial charge in [-0.25, -0.2) is 0 Å². The van der Waals surface area contributed by atoms with Gasteiger partial charge in [-0.3, -0.25) is 4.67 Å². The smallest absolute Gasteiger partial charge is 0.341 e. The highest BCUT2D eigenvalue weighted by Crippen LogP contribution is 2.50. The number of rotatable bonds is 3. The zero-order valence-corrected chi connectivity index (χ0v) is 24.1. The van der Waals surface area contributed by atoms with Gasteiger partial charge in [-0.15, -0.1) is 0 Å². The van der Waals surface area contributed by atoms with E-state index in [2.05, 4.69) is 124 Å². The van der Waals surface area contributed by atoms with Gasteiger partial charge < -0.3 is 8.39 Å². The van der Waals surface area contributed by atoms with Crippen LogP contribution in [0.15, 0.2) is 93.3 Å². The van der Waals surface area contributed by atoms with Crippen molar-refractivity contribution in [3.8, 4) is 0 Å². The van der Waals surface area contributed by atoms with Crippen LogP contribution < -0.4 is 4.67 Å². The maximum atomic E-state index is 7.20. The van der Waals surface area contributed by atoms with Crippen molar-refractivity contribution in [2.75, 3.05) is 4.67 Å². The maximum absolute atomic E-state index is 7.20. The molecule has 6 aromatic rings. The number of anilines is 1. The summed E-state index contributed by atoms with van der Waals surface area (Å²) in [5, 5.41) is 7.21. The van der Waals surface area contributed by atoms with Crippen LogP contribution in [0.4, 0.5) is 5.69 Å². The fourth-order valence-electron chi connectivity index (χ4n) is 6.31. The van der Waals surface area contributed by atoms with Crippen LogP contribution in [0.3, 0.4) is 0 Å². The van der Waals surface area contributed by atoms with Gasteiger partial charge in [-0.1, -0.05) is 94.4 Å². The van der Waals surface area contributed by atoms with Crippen LogP contribution in [0.25, 0.3) is 43.5 Å². The Morgan fingerprint density at radius 2 is 1.18 bits per heavy atom. The van der Waals surface area contributed by atoms with Crippen molar-refractivity contribution >= 4 is 57.3 Å². The molecule has 0 fully saturated rings. The van der Waals surface area contributed by atoms with Gasteiger partial charge in [-0.2, -0.15) is 0 Å². The second kappa shape index (κ2) is 9.21. The first kappa shape index (κ1) is 24.4. The molecule has 0 radical (unpaired) electrons. The van der Waals surface area contributed by atoms with Gasteiger partial charge in [0.25, 0.3) is 0 Å². The maximum Gasteiger partial charge on any atom is 0.341 e. The quantitative estimate of drug-likeness (QED) is 0.227. The molecular formula is C35H34NO2P. The molecule has 1 aliphatic rings. The minimum atomic E-state index is -1.46. The van der Waals surface area contributed by atoms with Crippen LogP contribution in [-0.2, 0) is 6.42 Å². The minimum Gasteiger partial charge on any atom is -0.403 e. The van der Waals surface area contributed by atoms with Crippen molar-refractivity contribution in [1.82, 2.24) is 0 Å². The van der Waals surface area contributed by atoms with Gasteiger partial charge >= 0.3 is 8.16 Å². The number of fused-ring (bicyclic) bond motifs is 8. The lowest BCUT2D eigenvalue weighted by Gasteiger charge is -2.21. The number of para-hydroxylation sites is 1. The lowest BCUT2D eigenvalue weighted by atomic mass is 9.90. The van der Waals surface area contributed by atoms with E-state index in [1.165, 1.54) is 43.9 Å². The molecule has 5 aromatic carbocycles. The second-order valence-corrected chi connectivity index (χ2v) is 12.8. The van der Waals surface area contributed by atoms with Gasteiger partial charge in [0.05, 0.1) is 5.69 Å². The Morgan fingerprint density at radius 1 is 0.692 bits per heavy atom. The Hall–Kier alpha value is -3.68. The van der Waals surface area contributed by atoms with Crippen molar-refractivity contribution in [1.29, 1.82) is 0 Å². The highest BCUT2D eigenvalue weighted by Gasteiger charge is 2.31. The van der Waals surface area contributed by atoms with E-state index < -0.39 is 8.16 Å². The van der Waals surface area contributed by atoms with E-state index in [4.69, 9.17) is 8.39 Å². The lowest BCUT2D eigenvalue weighted by Crippen LogP contribution is -2.20. The largest absolute Gasteiger partial charge is 0.403 e. The summed E-state index contributed by atoms with van der Waals surface area (Å²) in [4.78, 5) is 0. The molecule has 39 heavy (non-hydrogen) atoms. The molecule has 7 rings (SSSR count). The molecule has 0 saturated heterocycles. The molecule has 0 bridgehead atoms. The number of hydrogen-bond acceptors (Lipinski definition) is 3. The average molecular weight is 532 g/mol. The third-order valence-corrected chi connectivity index (χ3v) is 9.88. The molecule has 196 valence electrons. The van der Waals surface area contributed by atoms with Crippen molar-refractivity contribution in [3.05, 3.63) is 102 Å². The summed E-state index contributed by atoms with van der Waals surface area (Å²) in [6.45, 7) is 11.3. The molecule has 0 saturated carbocycles. The average Bonchev–Trinajstić information content (AvgIpc) is 3.16. The zero-order chi connectivity index (χ0) is 26.8. The van der Waals surface area contributed by atoms with Crippen molar-refractivity contribution in [3.63, 3.8) is 0 Å². The Balaban J connectivity index is 1.78. The molecule has 3 nitrogen and oxygen atoms in total. The predicted octanol–water partition coefficient (Wildman–Crippen LogP) is 11.1. The Labute approximate surface area is 230 Å². The first-order valence-corrected chi connectivity index (χ1v) is 15.2. The van der Waals surface area contributed by atoms with Crippen LogP contribution >= 0.6 is 8.16 Å². The van der Waals surface area contributed by atoms with Crippen LogP contribution in [0, 0.1) is 0 Å². The summed E-state index contributed by atoms with van der Waals surface area (Å²) in [7, 11) is -1.46. The van der Waals surface area contributed by atoms with Crippen molar-refractivity contribution in [2.45, 2.75) is 58.9 Å². The Kier molecular flexibility index (Phi) is 5.75. The normalized spacial score (nSPS) is 15.4. The highest BCUT2D eigenvalue weighted by molar-refractivity contribution is 7.39. The van der Waals surface area contributed by atoms with E-state index in [-0.39, 0.29) is 6.04 Å². The van der Waals surface area contributed by atoms with Gasteiger partial charge in [-0.05, 0) is 81.6 Å². The molecule has 0 unspecified atom stereocenters.